The van der Waals surface area contributed by atoms with E-state index < -0.39 is 6.10 Å². The van der Waals surface area contributed by atoms with Gasteiger partial charge in [0.25, 0.3) is 0 Å². The first kappa shape index (κ1) is 19.0. The van der Waals surface area contributed by atoms with Gasteiger partial charge in [0.15, 0.2) is 5.65 Å². The Balaban J connectivity index is 1.78. The number of ether oxygens (including phenoxy) is 1. The molecule has 0 saturated heterocycles. The van der Waals surface area contributed by atoms with Gasteiger partial charge in [0, 0.05) is 5.56 Å². The Kier molecular flexibility index (Phi) is 5.18. The Morgan fingerprint density at radius 3 is 2.45 bits per heavy atom. The molecule has 0 radical (unpaired) electrons. The van der Waals surface area contributed by atoms with Crippen LogP contribution in [0.25, 0.3) is 22.6 Å². The molecule has 0 amide bonds. The van der Waals surface area contributed by atoms with E-state index in [2.05, 4.69) is 15.0 Å². The predicted octanol–water partition coefficient (Wildman–Crippen LogP) is 4.72. The van der Waals surface area contributed by atoms with E-state index in [4.69, 9.17) is 4.74 Å². The molecule has 6 heteroatoms. The van der Waals surface area contributed by atoms with Crippen molar-refractivity contribution in [2.45, 2.75) is 32.8 Å². The summed E-state index contributed by atoms with van der Waals surface area (Å²) in [5.41, 5.74) is 3.10. The SMILES string of the molecule is CCCc1c(Oc2ccc(C(C)O)cc2)[nH]c2nc(-c3ccccc3)[nH]c2c1=O. The van der Waals surface area contributed by atoms with E-state index in [-0.39, 0.29) is 5.43 Å². The van der Waals surface area contributed by atoms with E-state index in [1.54, 1.807) is 31.2 Å². The third-order valence-corrected chi connectivity index (χ3v) is 4.84. The molecule has 2 aromatic heterocycles. The van der Waals surface area contributed by atoms with Crippen LogP contribution in [-0.4, -0.2) is 20.1 Å². The number of aliphatic hydroxyl groups is 1. The Hall–Kier alpha value is -3.38. The normalized spacial score (nSPS) is 12.2. The zero-order chi connectivity index (χ0) is 20.4. The maximum absolute atomic E-state index is 13.1. The van der Waals surface area contributed by atoms with Crippen LogP contribution in [0.2, 0.25) is 0 Å². The molecule has 148 valence electrons. The quantitative estimate of drug-likeness (QED) is 0.445. The largest absolute Gasteiger partial charge is 0.441 e. The first-order valence-corrected chi connectivity index (χ1v) is 9.73. The maximum Gasteiger partial charge on any atom is 0.214 e. The molecule has 0 aliphatic rings. The number of hydrogen-bond donors (Lipinski definition) is 3. The lowest BCUT2D eigenvalue weighted by Crippen LogP contribution is -2.12. The van der Waals surface area contributed by atoms with Crippen molar-refractivity contribution >= 4 is 11.2 Å². The highest BCUT2D eigenvalue weighted by molar-refractivity contribution is 5.77. The van der Waals surface area contributed by atoms with Gasteiger partial charge < -0.3 is 19.8 Å². The van der Waals surface area contributed by atoms with Crippen LogP contribution in [0, 0.1) is 0 Å². The van der Waals surface area contributed by atoms with Crippen molar-refractivity contribution in [3.63, 3.8) is 0 Å². The van der Waals surface area contributed by atoms with Crippen molar-refractivity contribution < 1.29 is 9.84 Å². The summed E-state index contributed by atoms with van der Waals surface area (Å²) in [7, 11) is 0. The summed E-state index contributed by atoms with van der Waals surface area (Å²) in [4.78, 5) is 24.0. The van der Waals surface area contributed by atoms with E-state index in [1.165, 1.54) is 0 Å². The number of aliphatic hydroxyl groups excluding tert-OH is 1. The lowest BCUT2D eigenvalue weighted by Gasteiger charge is -2.11. The van der Waals surface area contributed by atoms with Gasteiger partial charge in [-0.25, -0.2) is 4.98 Å². The van der Waals surface area contributed by atoms with Crippen molar-refractivity contribution in [1.29, 1.82) is 0 Å². The van der Waals surface area contributed by atoms with Gasteiger partial charge in [-0.2, -0.15) is 0 Å². The molecule has 0 fully saturated rings. The van der Waals surface area contributed by atoms with E-state index >= 15 is 0 Å². The van der Waals surface area contributed by atoms with E-state index in [0.717, 1.165) is 17.5 Å². The van der Waals surface area contributed by atoms with Gasteiger partial charge in [-0.3, -0.25) is 4.79 Å². The van der Waals surface area contributed by atoms with Crippen molar-refractivity contribution in [1.82, 2.24) is 15.0 Å². The number of rotatable bonds is 6. The molecular weight excluding hydrogens is 366 g/mol. The van der Waals surface area contributed by atoms with Gasteiger partial charge in [0.2, 0.25) is 11.3 Å². The highest BCUT2D eigenvalue weighted by Gasteiger charge is 2.17. The van der Waals surface area contributed by atoms with Crippen molar-refractivity contribution in [2.75, 3.05) is 0 Å². The van der Waals surface area contributed by atoms with Gasteiger partial charge in [-0.05, 0) is 31.0 Å². The molecule has 0 bridgehead atoms. The Labute approximate surface area is 168 Å². The van der Waals surface area contributed by atoms with Crippen LogP contribution in [0.5, 0.6) is 11.6 Å². The van der Waals surface area contributed by atoms with Gasteiger partial charge >= 0.3 is 0 Å². The van der Waals surface area contributed by atoms with E-state index in [0.29, 0.717) is 40.6 Å². The second kappa shape index (κ2) is 7.93. The molecule has 0 saturated carbocycles. The first-order valence-electron chi connectivity index (χ1n) is 9.73. The number of hydrogen-bond acceptors (Lipinski definition) is 4. The molecule has 1 unspecified atom stereocenters. The second-order valence-corrected chi connectivity index (χ2v) is 7.03. The molecule has 3 N–H and O–H groups in total. The molecule has 0 aliphatic heterocycles. The summed E-state index contributed by atoms with van der Waals surface area (Å²) < 4.78 is 6.01. The molecule has 29 heavy (non-hydrogen) atoms. The monoisotopic (exact) mass is 389 g/mol. The minimum atomic E-state index is -0.545. The molecule has 2 aromatic carbocycles. The van der Waals surface area contributed by atoms with Gasteiger partial charge in [-0.15, -0.1) is 0 Å². The number of pyridine rings is 1. The molecule has 0 spiro atoms. The summed E-state index contributed by atoms with van der Waals surface area (Å²) in [5.74, 6) is 1.62. The highest BCUT2D eigenvalue weighted by atomic mass is 16.5. The van der Waals surface area contributed by atoms with Crippen LogP contribution < -0.4 is 10.2 Å². The van der Waals surface area contributed by atoms with Crippen LogP contribution in [0.4, 0.5) is 0 Å². The molecule has 2 heterocycles. The zero-order valence-electron chi connectivity index (χ0n) is 16.4. The van der Waals surface area contributed by atoms with E-state index in [1.807, 2.05) is 37.3 Å². The summed E-state index contributed by atoms with van der Waals surface area (Å²) in [6, 6.07) is 16.8. The fourth-order valence-corrected chi connectivity index (χ4v) is 3.29. The lowest BCUT2D eigenvalue weighted by atomic mass is 10.1. The molecule has 4 rings (SSSR count). The van der Waals surface area contributed by atoms with Crippen molar-refractivity contribution in [2.24, 2.45) is 0 Å². The number of aromatic amines is 2. The molecule has 6 nitrogen and oxygen atoms in total. The smallest absolute Gasteiger partial charge is 0.214 e. The second-order valence-electron chi connectivity index (χ2n) is 7.03. The Bertz CT molecular complexity index is 1180. The minimum absolute atomic E-state index is 0.106. The maximum atomic E-state index is 13.1. The van der Waals surface area contributed by atoms with Crippen LogP contribution in [0.1, 0.15) is 37.5 Å². The number of H-pyrrole nitrogens is 2. The first-order chi connectivity index (χ1) is 14.1. The number of nitrogens with zero attached hydrogens (tertiary/aromatic N) is 1. The number of benzene rings is 2. The van der Waals surface area contributed by atoms with Gasteiger partial charge in [-0.1, -0.05) is 55.8 Å². The van der Waals surface area contributed by atoms with Crippen LogP contribution in [-0.2, 0) is 6.42 Å². The fourth-order valence-electron chi connectivity index (χ4n) is 3.29. The molecule has 1 atom stereocenters. The Morgan fingerprint density at radius 1 is 1.07 bits per heavy atom. The summed E-state index contributed by atoms with van der Waals surface area (Å²) in [6.45, 7) is 3.73. The van der Waals surface area contributed by atoms with Crippen LogP contribution in [0.15, 0.2) is 59.4 Å². The van der Waals surface area contributed by atoms with Gasteiger partial charge in [0.1, 0.15) is 17.1 Å². The predicted molar refractivity (Wildman–Crippen MR) is 113 cm³/mol. The average molecular weight is 389 g/mol. The third kappa shape index (κ3) is 3.79. The summed E-state index contributed by atoms with van der Waals surface area (Å²) in [5, 5.41) is 9.67. The summed E-state index contributed by atoms with van der Waals surface area (Å²) >= 11 is 0. The number of imidazole rings is 1. The summed E-state index contributed by atoms with van der Waals surface area (Å²) in [6.07, 6.45) is 0.855. The number of fused-ring (bicyclic) bond motifs is 1. The molecular formula is C23H23N3O3. The lowest BCUT2D eigenvalue weighted by molar-refractivity contribution is 0.199. The van der Waals surface area contributed by atoms with E-state index in [9.17, 15) is 9.90 Å². The third-order valence-electron chi connectivity index (χ3n) is 4.84. The van der Waals surface area contributed by atoms with Crippen LogP contribution >= 0.6 is 0 Å². The molecule has 4 aromatic rings. The van der Waals surface area contributed by atoms with Crippen molar-refractivity contribution in [3.8, 4) is 23.0 Å². The average Bonchev–Trinajstić information content (AvgIpc) is 3.16. The standard InChI is InChI=1S/C23H23N3O3/c1-3-7-18-20(28)19-22(25-21(24-19)16-8-5-4-6-9-16)26-23(18)29-17-12-10-15(11-13-17)14(2)27/h4-6,8-14,27H,3,7H2,1-2H3,(H2,24,25,26,28). The topological polar surface area (TPSA) is 91.0 Å². The number of aromatic nitrogens is 3. The molecule has 0 aliphatic carbocycles. The Morgan fingerprint density at radius 2 is 1.79 bits per heavy atom. The van der Waals surface area contributed by atoms with Gasteiger partial charge in [0.05, 0.1) is 11.7 Å². The number of nitrogens with one attached hydrogen (secondary N) is 2. The van der Waals surface area contributed by atoms with Crippen molar-refractivity contribution in [3.05, 3.63) is 75.9 Å². The fraction of sp³-hybridized carbons (Fsp3) is 0.217. The zero-order valence-corrected chi connectivity index (χ0v) is 16.4. The minimum Gasteiger partial charge on any atom is -0.441 e. The highest BCUT2D eigenvalue weighted by Crippen LogP contribution is 2.27. The van der Waals surface area contributed by atoms with Crippen LogP contribution in [0.3, 0.4) is 0 Å².